The summed E-state index contributed by atoms with van der Waals surface area (Å²) in [6.45, 7) is 6.47. The minimum Gasteiger partial charge on any atom is -0.462 e. The topological polar surface area (TPSA) is 78.9 Å². The second kappa shape index (κ2) is 53.0. The van der Waals surface area contributed by atoms with E-state index in [0.29, 0.717) is 19.3 Å². The Balaban J connectivity index is 4.06. The molecule has 0 spiro atoms. The van der Waals surface area contributed by atoms with Gasteiger partial charge in [-0.05, 0) is 57.8 Å². The molecule has 6 heteroatoms. The van der Waals surface area contributed by atoms with Gasteiger partial charge in [-0.15, -0.1) is 0 Å². The van der Waals surface area contributed by atoms with E-state index in [1.807, 2.05) is 0 Å². The third kappa shape index (κ3) is 50.4. The van der Waals surface area contributed by atoms with Crippen molar-refractivity contribution in [2.75, 3.05) is 13.2 Å². The van der Waals surface area contributed by atoms with Crippen molar-refractivity contribution in [3.8, 4) is 0 Å². The molecule has 0 bridgehead atoms. The van der Waals surface area contributed by atoms with E-state index in [1.54, 1.807) is 0 Å². The van der Waals surface area contributed by atoms with Gasteiger partial charge in [-0.3, -0.25) is 14.4 Å². The molecule has 0 aliphatic rings. The summed E-state index contributed by atoms with van der Waals surface area (Å²) in [7, 11) is 0. The van der Waals surface area contributed by atoms with Crippen LogP contribution in [0, 0.1) is 0 Å². The van der Waals surface area contributed by atoms with Crippen LogP contribution in [0.3, 0.4) is 0 Å². The van der Waals surface area contributed by atoms with E-state index in [-0.39, 0.29) is 31.1 Å². The lowest BCUT2D eigenvalue weighted by Gasteiger charge is -2.18. The molecule has 0 saturated heterocycles. The van der Waals surface area contributed by atoms with E-state index in [2.05, 4.69) is 69.4 Å². The van der Waals surface area contributed by atoms with Gasteiger partial charge in [0.25, 0.3) is 0 Å². The minimum absolute atomic E-state index is 0.0708. The quantitative estimate of drug-likeness (QED) is 0.0262. The van der Waals surface area contributed by atoms with Crippen molar-refractivity contribution in [3.63, 3.8) is 0 Å². The highest BCUT2D eigenvalue weighted by Gasteiger charge is 2.19. The van der Waals surface area contributed by atoms with Crippen LogP contribution < -0.4 is 0 Å². The molecule has 372 valence electrons. The molecule has 0 aromatic carbocycles. The van der Waals surface area contributed by atoms with E-state index in [1.165, 1.54) is 154 Å². The number of hydrogen-bond donors (Lipinski definition) is 0. The highest BCUT2D eigenvalue weighted by molar-refractivity contribution is 5.71. The first kappa shape index (κ1) is 61.4. The smallest absolute Gasteiger partial charge is 0.306 e. The SMILES string of the molecule is CC/C=C\C/C=C\C/C=C\C/C=C\CCCCCCCCCCCCCCC(=O)OCC(COC(=O)CCCCCCC)OC(=O)CCCCCCCCCCCCCCCCCC. The number of hydrogen-bond acceptors (Lipinski definition) is 6. The monoisotopic (exact) mass is 897 g/mol. The number of carbonyl (C=O) groups is 3. The first-order valence-corrected chi connectivity index (χ1v) is 27.6. The van der Waals surface area contributed by atoms with Crippen molar-refractivity contribution in [1.29, 1.82) is 0 Å². The molecule has 0 N–H and O–H groups in total. The van der Waals surface area contributed by atoms with Crippen molar-refractivity contribution in [2.45, 2.75) is 290 Å². The lowest BCUT2D eigenvalue weighted by molar-refractivity contribution is -0.167. The fourth-order valence-corrected chi connectivity index (χ4v) is 7.96. The summed E-state index contributed by atoms with van der Waals surface area (Å²) in [5.74, 6) is -0.874. The van der Waals surface area contributed by atoms with Crippen molar-refractivity contribution >= 4 is 17.9 Å². The van der Waals surface area contributed by atoms with E-state index in [4.69, 9.17) is 14.2 Å². The molecule has 1 unspecified atom stereocenters. The Kier molecular flexibility index (Phi) is 50.8. The molecule has 0 amide bonds. The number of carbonyl (C=O) groups excluding carboxylic acids is 3. The molecule has 0 heterocycles. The Labute approximate surface area is 397 Å². The van der Waals surface area contributed by atoms with Gasteiger partial charge in [0.2, 0.25) is 0 Å². The van der Waals surface area contributed by atoms with Gasteiger partial charge < -0.3 is 14.2 Å². The first-order valence-electron chi connectivity index (χ1n) is 27.6. The van der Waals surface area contributed by atoms with Gasteiger partial charge in [-0.1, -0.05) is 256 Å². The first-order chi connectivity index (χ1) is 31.5. The fourth-order valence-electron chi connectivity index (χ4n) is 7.96. The van der Waals surface area contributed by atoms with E-state index in [0.717, 1.165) is 89.9 Å². The summed E-state index contributed by atoms with van der Waals surface area (Å²) in [6, 6.07) is 0. The third-order valence-corrected chi connectivity index (χ3v) is 12.1. The van der Waals surface area contributed by atoms with Gasteiger partial charge in [0.05, 0.1) is 0 Å². The number of rotatable bonds is 50. The Morgan fingerprint density at radius 1 is 0.328 bits per heavy atom. The zero-order valence-electron chi connectivity index (χ0n) is 42.6. The lowest BCUT2D eigenvalue weighted by atomic mass is 10.0. The second-order valence-electron chi connectivity index (χ2n) is 18.5. The Morgan fingerprint density at radius 2 is 0.609 bits per heavy atom. The van der Waals surface area contributed by atoms with Crippen molar-refractivity contribution in [1.82, 2.24) is 0 Å². The van der Waals surface area contributed by atoms with Crippen LogP contribution in [0.1, 0.15) is 284 Å². The normalized spacial score (nSPS) is 12.4. The summed E-state index contributed by atoms with van der Waals surface area (Å²) in [4.78, 5) is 37.7. The maximum absolute atomic E-state index is 12.7. The molecule has 64 heavy (non-hydrogen) atoms. The molecule has 0 rings (SSSR count). The van der Waals surface area contributed by atoms with Gasteiger partial charge in [0.15, 0.2) is 6.10 Å². The van der Waals surface area contributed by atoms with Crippen LogP contribution in [0.4, 0.5) is 0 Å². The fraction of sp³-hybridized carbons (Fsp3) is 0.810. The highest BCUT2D eigenvalue weighted by atomic mass is 16.6. The third-order valence-electron chi connectivity index (χ3n) is 12.1. The van der Waals surface area contributed by atoms with Crippen LogP contribution in [0.2, 0.25) is 0 Å². The van der Waals surface area contributed by atoms with Gasteiger partial charge >= 0.3 is 17.9 Å². The number of unbranched alkanes of at least 4 members (excludes halogenated alkanes) is 31. The summed E-state index contributed by atoms with van der Waals surface area (Å²) in [5, 5.41) is 0. The van der Waals surface area contributed by atoms with Gasteiger partial charge in [-0.25, -0.2) is 0 Å². The van der Waals surface area contributed by atoms with Crippen molar-refractivity contribution in [3.05, 3.63) is 48.6 Å². The average molecular weight is 897 g/mol. The predicted molar refractivity (Wildman–Crippen MR) is 275 cm³/mol. The molecular formula is C58H104O6. The van der Waals surface area contributed by atoms with Crippen LogP contribution in [0.15, 0.2) is 48.6 Å². The molecule has 0 radical (unpaired) electrons. The molecule has 0 fully saturated rings. The summed E-state index contributed by atoms with van der Waals surface area (Å²) >= 11 is 0. The minimum atomic E-state index is -0.766. The molecule has 6 nitrogen and oxygen atoms in total. The average Bonchev–Trinajstić information content (AvgIpc) is 3.29. The van der Waals surface area contributed by atoms with Crippen molar-refractivity contribution in [2.24, 2.45) is 0 Å². The van der Waals surface area contributed by atoms with Crippen molar-refractivity contribution < 1.29 is 28.6 Å². The second-order valence-corrected chi connectivity index (χ2v) is 18.5. The molecule has 0 aliphatic carbocycles. The van der Waals surface area contributed by atoms with Gasteiger partial charge in [-0.2, -0.15) is 0 Å². The Bertz CT molecular complexity index is 1120. The number of esters is 3. The van der Waals surface area contributed by atoms with Crippen LogP contribution in [-0.2, 0) is 28.6 Å². The zero-order chi connectivity index (χ0) is 46.5. The highest BCUT2D eigenvalue weighted by Crippen LogP contribution is 2.16. The predicted octanol–water partition coefficient (Wildman–Crippen LogP) is 18.3. The summed E-state index contributed by atoms with van der Waals surface area (Å²) in [6.07, 6.45) is 64.3. The maximum Gasteiger partial charge on any atom is 0.306 e. The molecule has 0 aromatic heterocycles. The van der Waals surface area contributed by atoms with Crippen LogP contribution >= 0.6 is 0 Å². The Hall–Kier alpha value is -2.63. The van der Waals surface area contributed by atoms with Crippen LogP contribution in [-0.4, -0.2) is 37.2 Å². The number of ether oxygens (including phenoxy) is 3. The van der Waals surface area contributed by atoms with Crippen LogP contribution in [0.25, 0.3) is 0 Å². The summed E-state index contributed by atoms with van der Waals surface area (Å²) < 4.78 is 16.7. The maximum atomic E-state index is 12.7. The molecule has 0 saturated carbocycles. The molecular weight excluding hydrogens is 793 g/mol. The zero-order valence-corrected chi connectivity index (χ0v) is 42.6. The van der Waals surface area contributed by atoms with Gasteiger partial charge in [0.1, 0.15) is 13.2 Å². The van der Waals surface area contributed by atoms with E-state index in [9.17, 15) is 14.4 Å². The Morgan fingerprint density at radius 3 is 0.953 bits per heavy atom. The standard InChI is InChI=1S/C58H104O6/c1-4-7-10-13-15-17-19-21-23-25-26-27-28-29-30-31-32-33-35-36-38-40-42-45-48-51-57(60)63-54-55(53-62-56(59)50-47-44-12-9-6-3)64-58(61)52-49-46-43-41-39-37-34-24-22-20-18-16-14-11-8-5-2/h7,10,15,17,21,23,26-27,55H,4-6,8-9,11-14,16,18-20,22,24-25,28-54H2,1-3H3/b10-7-,17-15-,23-21-,27-26-. The molecule has 0 aromatic rings. The van der Waals surface area contributed by atoms with Gasteiger partial charge in [0, 0.05) is 19.3 Å². The van der Waals surface area contributed by atoms with E-state index >= 15 is 0 Å². The lowest BCUT2D eigenvalue weighted by Crippen LogP contribution is -2.30. The molecule has 0 aliphatic heterocycles. The largest absolute Gasteiger partial charge is 0.462 e. The van der Waals surface area contributed by atoms with E-state index < -0.39 is 6.10 Å². The van der Waals surface area contributed by atoms with Crippen LogP contribution in [0.5, 0.6) is 0 Å². The summed E-state index contributed by atoms with van der Waals surface area (Å²) in [5.41, 5.74) is 0. The number of allylic oxidation sites excluding steroid dienone is 8. The molecule has 1 atom stereocenters.